The fraction of sp³-hybridized carbons (Fsp3) is 0.375. The van der Waals surface area contributed by atoms with Crippen LogP contribution in [-0.2, 0) is 4.74 Å². The minimum Gasteiger partial charge on any atom is -0.377 e. The number of carbonyl (C=O) groups excluding carboxylic acids is 1. The van der Waals surface area contributed by atoms with E-state index in [-0.39, 0.29) is 40.5 Å². The van der Waals surface area contributed by atoms with E-state index >= 15 is 0 Å². The molecule has 2 aromatic carbocycles. The Balaban J connectivity index is 1.49. The van der Waals surface area contributed by atoms with Gasteiger partial charge in [0, 0.05) is 25.1 Å². The molecule has 0 saturated carbocycles. The van der Waals surface area contributed by atoms with Gasteiger partial charge in [0.1, 0.15) is 0 Å². The Morgan fingerprint density at radius 3 is 2.84 bits per heavy atom. The van der Waals surface area contributed by atoms with Crippen LogP contribution in [0.3, 0.4) is 0 Å². The highest BCUT2D eigenvalue weighted by atomic mass is 16.6. The Morgan fingerprint density at radius 2 is 2.03 bits per heavy atom. The second-order valence-corrected chi connectivity index (χ2v) is 8.41. The third-order valence-electron chi connectivity index (χ3n) is 6.62. The van der Waals surface area contributed by atoms with E-state index in [0.717, 1.165) is 37.1 Å². The monoisotopic (exact) mass is 419 g/mol. The van der Waals surface area contributed by atoms with Crippen LogP contribution in [0.1, 0.15) is 52.7 Å². The fourth-order valence-electron chi connectivity index (χ4n) is 5.14. The zero-order chi connectivity index (χ0) is 21.4. The third kappa shape index (κ3) is 3.59. The van der Waals surface area contributed by atoms with Crippen molar-refractivity contribution < 1.29 is 14.5 Å². The lowest BCUT2D eigenvalue weighted by Crippen LogP contribution is -2.34. The van der Waals surface area contributed by atoms with Crippen LogP contribution in [0.2, 0.25) is 0 Å². The molecule has 2 N–H and O–H groups in total. The van der Waals surface area contributed by atoms with E-state index in [2.05, 4.69) is 22.8 Å². The van der Waals surface area contributed by atoms with Crippen molar-refractivity contribution in [1.82, 2.24) is 5.32 Å². The molecule has 2 aliphatic heterocycles. The molecule has 7 heteroatoms. The lowest BCUT2D eigenvalue weighted by atomic mass is 9.76. The molecule has 0 radical (unpaired) electrons. The molecule has 160 valence electrons. The molecule has 3 aliphatic rings. The zero-order valence-electron chi connectivity index (χ0n) is 17.1. The number of amides is 1. The highest BCUT2D eigenvalue weighted by molar-refractivity contribution is 6.00. The summed E-state index contributed by atoms with van der Waals surface area (Å²) >= 11 is 0. The number of nitro groups is 1. The van der Waals surface area contributed by atoms with E-state index in [4.69, 9.17) is 4.74 Å². The topological polar surface area (TPSA) is 93.5 Å². The molecule has 1 aliphatic carbocycles. The molecule has 1 amide bonds. The maximum atomic E-state index is 13.1. The number of hydrogen-bond donors (Lipinski definition) is 2. The average Bonchev–Trinajstić information content (AvgIpc) is 3.48. The number of para-hydroxylation sites is 2. The lowest BCUT2D eigenvalue weighted by Gasteiger charge is -2.38. The fourth-order valence-corrected chi connectivity index (χ4v) is 5.14. The van der Waals surface area contributed by atoms with Crippen LogP contribution in [0.4, 0.5) is 11.4 Å². The second kappa shape index (κ2) is 8.15. The molecule has 5 rings (SSSR count). The molecule has 2 heterocycles. The standard InChI is InChI=1S/C24H25N3O4/c28-24(25-14-15-6-5-13-31-15)20-11-4-10-18-16-8-3-9-17(16)22(26-23(18)20)19-7-1-2-12-21(19)27(29)30/h1-4,7-8,10-12,15-17,22,26H,5-6,9,13-14H2,(H,25,28). The summed E-state index contributed by atoms with van der Waals surface area (Å²) in [4.78, 5) is 24.4. The predicted molar refractivity (Wildman–Crippen MR) is 117 cm³/mol. The Morgan fingerprint density at radius 1 is 1.19 bits per heavy atom. The number of anilines is 1. The van der Waals surface area contributed by atoms with Gasteiger partial charge in [-0.3, -0.25) is 14.9 Å². The molecule has 0 bridgehead atoms. The average molecular weight is 419 g/mol. The van der Waals surface area contributed by atoms with Gasteiger partial charge in [0.2, 0.25) is 0 Å². The van der Waals surface area contributed by atoms with Gasteiger partial charge in [-0.2, -0.15) is 0 Å². The number of benzene rings is 2. The molecule has 4 unspecified atom stereocenters. The second-order valence-electron chi connectivity index (χ2n) is 8.41. The van der Waals surface area contributed by atoms with Gasteiger partial charge in [-0.15, -0.1) is 0 Å². The van der Waals surface area contributed by atoms with Crippen LogP contribution in [0.5, 0.6) is 0 Å². The van der Waals surface area contributed by atoms with Crippen LogP contribution in [-0.4, -0.2) is 30.1 Å². The maximum absolute atomic E-state index is 13.1. The number of nitro benzene ring substituents is 1. The Kier molecular flexibility index (Phi) is 5.19. The van der Waals surface area contributed by atoms with Crippen molar-refractivity contribution in [3.63, 3.8) is 0 Å². The lowest BCUT2D eigenvalue weighted by molar-refractivity contribution is -0.385. The Labute approximate surface area is 180 Å². The minimum atomic E-state index is -0.329. The summed E-state index contributed by atoms with van der Waals surface area (Å²) in [5, 5.41) is 18.2. The molecular weight excluding hydrogens is 394 g/mol. The summed E-state index contributed by atoms with van der Waals surface area (Å²) < 4.78 is 5.62. The van der Waals surface area contributed by atoms with E-state index in [1.807, 2.05) is 30.3 Å². The van der Waals surface area contributed by atoms with E-state index < -0.39 is 0 Å². The van der Waals surface area contributed by atoms with Crippen molar-refractivity contribution in [3.8, 4) is 0 Å². The van der Waals surface area contributed by atoms with Gasteiger partial charge in [0.25, 0.3) is 11.6 Å². The third-order valence-corrected chi connectivity index (χ3v) is 6.62. The molecule has 4 atom stereocenters. The highest BCUT2D eigenvalue weighted by Crippen LogP contribution is 2.51. The van der Waals surface area contributed by atoms with Crippen molar-refractivity contribution in [2.75, 3.05) is 18.5 Å². The van der Waals surface area contributed by atoms with Gasteiger partial charge >= 0.3 is 0 Å². The number of nitrogens with one attached hydrogen (secondary N) is 2. The van der Waals surface area contributed by atoms with E-state index in [1.54, 1.807) is 12.1 Å². The van der Waals surface area contributed by atoms with Crippen LogP contribution >= 0.6 is 0 Å². The molecule has 31 heavy (non-hydrogen) atoms. The maximum Gasteiger partial charge on any atom is 0.274 e. The van der Waals surface area contributed by atoms with Gasteiger partial charge in [0.05, 0.1) is 33.9 Å². The number of rotatable bonds is 5. The molecule has 2 aromatic rings. The predicted octanol–water partition coefficient (Wildman–Crippen LogP) is 4.33. The molecular formula is C24H25N3O4. The van der Waals surface area contributed by atoms with Crippen molar-refractivity contribution in [1.29, 1.82) is 0 Å². The van der Waals surface area contributed by atoms with Gasteiger partial charge in [-0.25, -0.2) is 0 Å². The number of ether oxygens (including phenoxy) is 1. The van der Waals surface area contributed by atoms with Crippen molar-refractivity contribution in [2.24, 2.45) is 5.92 Å². The van der Waals surface area contributed by atoms with Crippen LogP contribution in [0.15, 0.2) is 54.6 Å². The van der Waals surface area contributed by atoms with Crippen molar-refractivity contribution >= 4 is 17.3 Å². The van der Waals surface area contributed by atoms with Gasteiger partial charge in [-0.05, 0) is 36.8 Å². The summed E-state index contributed by atoms with van der Waals surface area (Å²) in [7, 11) is 0. The summed E-state index contributed by atoms with van der Waals surface area (Å²) in [5.74, 6) is 0.132. The van der Waals surface area contributed by atoms with E-state index in [1.165, 1.54) is 0 Å². The Bertz CT molecular complexity index is 1040. The number of carbonyl (C=O) groups is 1. The van der Waals surface area contributed by atoms with Crippen LogP contribution in [0.25, 0.3) is 0 Å². The van der Waals surface area contributed by atoms with Crippen molar-refractivity contribution in [3.05, 3.63) is 81.4 Å². The largest absolute Gasteiger partial charge is 0.377 e. The minimum absolute atomic E-state index is 0.0679. The molecule has 1 saturated heterocycles. The molecule has 1 fully saturated rings. The first-order chi connectivity index (χ1) is 15.1. The van der Waals surface area contributed by atoms with Crippen LogP contribution in [0, 0.1) is 16.0 Å². The first-order valence-corrected chi connectivity index (χ1v) is 10.8. The summed E-state index contributed by atoms with van der Waals surface area (Å²) in [5.41, 5.74) is 3.17. The van der Waals surface area contributed by atoms with E-state index in [9.17, 15) is 14.9 Å². The number of allylic oxidation sites excluding steroid dienone is 2. The van der Waals surface area contributed by atoms with E-state index in [0.29, 0.717) is 17.7 Å². The highest BCUT2D eigenvalue weighted by Gasteiger charge is 2.41. The molecule has 0 spiro atoms. The number of fused-ring (bicyclic) bond motifs is 3. The number of nitrogens with zero attached hydrogens (tertiary/aromatic N) is 1. The summed E-state index contributed by atoms with van der Waals surface area (Å²) in [6, 6.07) is 12.4. The molecule has 0 aromatic heterocycles. The number of hydrogen-bond acceptors (Lipinski definition) is 5. The van der Waals surface area contributed by atoms with Gasteiger partial charge < -0.3 is 15.4 Å². The first-order valence-electron chi connectivity index (χ1n) is 10.8. The van der Waals surface area contributed by atoms with Gasteiger partial charge in [-0.1, -0.05) is 42.5 Å². The summed E-state index contributed by atoms with van der Waals surface area (Å²) in [6.07, 6.45) is 7.19. The normalized spacial score (nSPS) is 26.1. The quantitative estimate of drug-likeness (QED) is 0.427. The van der Waals surface area contributed by atoms with Crippen molar-refractivity contribution in [2.45, 2.75) is 37.3 Å². The smallest absolute Gasteiger partial charge is 0.274 e. The first kappa shape index (κ1) is 19.8. The van der Waals surface area contributed by atoms with Crippen LogP contribution < -0.4 is 10.6 Å². The zero-order valence-corrected chi connectivity index (χ0v) is 17.1. The molecule has 7 nitrogen and oxygen atoms in total. The van der Waals surface area contributed by atoms with Gasteiger partial charge in [0.15, 0.2) is 0 Å². The summed E-state index contributed by atoms with van der Waals surface area (Å²) in [6.45, 7) is 1.23. The SMILES string of the molecule is O=C(NCC1CCCO1)c1cccc2c1NC(c1ccccc1[N+](=O)[O-])C1CC=CC21. The Hall–Kier alpha value is -3.19.